The lowest BCUT2D eigenvalue weighted by molar-refractivity contribution is 0.0905. The number of hydrogen-bond acceptors (Lipinski definition) is 8. The van der Waals surface area contributed by atoms with Crippen molar-refractivity contribution >= 4 is 16.7 Å². The van der Waals surface area contributed by atoms with Crippen LogP contribution in [-0.2, 0) is 18.3 Å². The van der Waals surface area contributed by atoms with E-state index in [2.05, 4.69) is 30.7 Å². The predicted molar refractivity (Wildman–Crippen MR) is 106 cm³/mol. The van der Waals surface area contributed by atoms with Crippen molar-refractivity contribution in [3.8, 4) is 23.0 Å². The molecule has 29 heavy (non-hydrogen) atoms. The minimum atomic E-state index is 0.303. The van der Waals surface area contributed by atoms with Crippen LogP contribution in [0, 0.1) is 0 Å². The molecule has 0 aromatic carbocycles. The summed E-state index contributed by atoms with van der Waals surface area (Å²) in [5, 5.41) is 21.7. The third-order valence-electron chi connectivity index (χ3n) is 5.23. The van der Waals surface area contributed by atoms with Gasteiger partial charge in [-0.05, 0) is 25.8 Å². The lowest BCUT2D eigenvalue weighted by Gasteiger charge is -2.25. The van der Waals surface area contributed by atoms with E-state index in [0.717, 1.165) is 60.6 Å². The van der Waals surface area contributed by atoms with E-state index in [1.807, 2.05) is 30.9 Å². The van der Waals surface area contributed by atoms with Gasteiger partial charge in [0.15, 0.2) is 5.65 Å². The summed E-state index contributed by atoms with van der Waals surface area (Å²) in [4.78, 5) is 4.62. The van der Waals surface area contributed by atoms with Crippen molar-refractivity contribution < 1.29 is 9.15 Å². The average molecular weight is 394 g/mol. The largest absolute Gasteiger partial charge is 0.414 e. The first-order chi connectivity index (χ1) is 14.2. The Balaban J connectivity index is 1.60. The minimum absolute atomic E-state index is 0.303. The molecule has 150 valence electrons. The normalized spacial score (nSPS) is 15.2. The number of anilines is 1. The van der Waals surface area contributed by atoms with Crippen LogP contribution in [0.2, 0.25) is 0 Å². The number of ether oxygens (including phenoxy) is 1. The Morgan fingerprint density at radius 3 is 2.72 bits per heavy atom. The quantitative estimate of drug-likeness (QED) is 0.550. The number of rotatable bonds is 5. The molecule has 4 aromatic heterocycles. The third kappa shape index (κ3) is 3.15. The summed E-state index contributed by atoms with van der Waals surface area (Å²) < 4.78 is 15.1. The Bertz CT molecular complexity index is 1140. The van der Waals surface area contributed by atoms with E-state index in [1.165, 1.54) is 0 Å². The van der Waals surface area contributed by atoms with Gasteiger partial charge in [0.25, 0.3) is 11.8 Å². The lowest BCUT2D eigenvalue weighted by atomic mass is 10.1. The zero-order valence-corrected chi connectivity index (χ0v) is 16.4. The number of fused-ring (bicyclic) bond motifs is 1. The Hall–Kier alpha value is -3.27. The standard InChI is InChI=1S/C19H22N8O2/c1-3-27-17-13(11-22-27)16(23-12-5-8-28-9-6-12)14(10-20-17)18-24-25-19(29-18)15-4-7-21-26(15)2/h4,7,10-12H,3,5-6,8-9H2,1-2H3,(H,20,23). The van der Waals surface area contributed by atoms with E-state index >= 15 is 0 Å². The number of hydrogen-bond donors (Lipinski definition) is 1. The highest BCUT2D eigenvalue weighted by molar-refractivity contribution is 5.96. The Labute approximate surface area is 166 Å². The lowest BCUT2D eigenvalue weighted by Crippen LogP contribution is -2.28. The van der Waals surface area contributed by atoms with Gasteiger partial charge in [-0.15, -0.1) is 10.2 Å². The molecule has 0 unspecified atom stereocenters. The van der Waals surface area contributed by atoms with Crippen molar-refractivity contribution in [2.75, 3.05) is 18.5 Å². The Morgan fingerprint density at radius 2 is 1.97 bits per heavy atom. The van der Waals surface area contributed by atoms with Gasteiger partial charge in [0.1, 0.15) is 5.69 Å². The molecule has 0 saturated carbocycles. The summed E-state index contributed by atoms with van der Waals surface area (Å²) in [6.45, 7) is 4.30. The zero-order chi connectivity index (χ0) is 19.8. The molecule has 4 aromatic rings. The van der Waals surface area contributed by atoms with Gasteiger partial charge >= 0.3 is 0 Å². The van der Waals surface area contributed by atoms with Crippen LogP contribution in [0.3, 0.4) is 0 Å². The molecule has 10 heteroatoms. The fourth-order valence-electron chi connectivity index (χ4n) is 3.64. The highest BCUT2D eigenvalue weighted by Crippen LogP contribution is 2.35. The molecule has 1 aliphatic heterocycles. The van der Waals surface area contributed by atoms with Crippen LogP contribution in [0.15, 0.2) is 29.1 Å². The molecule has 1 N–H and O–H groups in total. The number of aryl methyl sites for hydroxylation is 2. The first kappa shape index (κ1) is 17.8. The number of nitrogens with zero attached hydrogens (tertiary/aromatic N) is 7. The monoisotopic (exact) mass is 394 g/mol. The molecule has 1 aliphatic rings. The maximum atomic E-state index is 5.99. The van der Waals surface area contributed by atoms with Gasteiger partial charge in [-0.3, -0.25) is 4.68 Å². The molecule has 0 bridgehead atoms. The molecule has 0 aliphatic carbocycles. The van der Waals surface area contributed by atoms with Crippen molar-refractivity contribution in [3.05, 3.63) is 24.7 Å². The second-order valence-corrected chi connectivity index (χ2v) is 7.03. The first-order valence-electron chi connectivity index (χ1n) is 9.75. The first-order valence-corrected chi connectivity index (χ1v) is 9.75. The number of nitrogens with one attached hydrogen (secondary N) is 1. The molecule has 1 fully saturated rings. The second-order valence-electron chi connectivity index (χ2n) is 7.03. The summed E-state index contributed by atoms with van der Waals surface area (Å²) in [6.07, 6.45) is 7.20. The molecule has 0 spiro atoms. The molecule has 0 amide bonds. The second kappa shape index (κ2) is 7.28. The molecular weight excluding hydrogens is 372 g/mol. The van der Waals surface area contributed by atoms with Gasteiger partial charge in [-0.25, -0.2) is 9.67 Å². The maximum absolute atomic E-state index is 5.99. The highest BCUT2D eigenvalue weighted by Gasteiger charge is 2.23. The average Bonchev–Trinajstić information content (AvgIpc) is 3.48. The number of pyridine rings is 1. The molecular formula is C19H22N8O2. The van der Waals surface area contributed by atoms with Crippen LogP contribution in [0.4, 0.5) is 5.69 Å². The van der Waals surface area contributed by atoms with E-state index in [9.17, 15) is 0 Å². The van der Waals surface area contributed by atoms with E-state index < -0.39 is 0 Å². The minimum Gasteiger partial charge on any atom is -0.414 e. The summed E-state index contributed by atoms with van der Waals surface area (Å²) in [5.41, 5.74) is 3.27. The van der Waals surface area contributed by atoms with Crippen molar-refractivity contribution in [1.82, 2.24) is 34.7 Å². The number of aromatic nitrogens is 7. The van der Waals surface area contributed by atoms with Crippen LogP contribution in [0.25, 0.3) is 34.1 Å². The SMILES string of the molecule is CCn1ncc2c(NC3CCOCC3)c(-c3nnc(-c4ccnn4C)o3)cnc21. The van der Waals surface area contributed by atoms with E-state index in [-0.39, 0.29) is 0 Å². The smallest absolute Gasteiger partial charge is 0.266 e. The van der Waals surface area contributed by atoms with Gasteiger partial charge in [-0.1, -0.05) is 0 Å². The Morgan fingerprint density at radius 1 is 1.14 bits per heavy atom. The zero-order valence-electron chi connectivity index (χ0n) is 16.4. The van der Waals surface area contributed by atoms with Gasteiger partial charge < -0.3 is 14.5 Å². The van der Waals surface area contributed by atoms with Crippen LogP contribution >= 0.6 is 0 Å². The molecule has 5 rings (SSSR count). The topological polar surface area (TPSA) is 109 Å². The van der Waals surface area contributed by atoms with E-state index in [4.69, 9.17) is 9.15 Å². The van der Waals surface area contributed by atoms with Crippen LogP contribution < -0.4 is 5.32 Å². The molecule has 0 radical (unpaired) electrons. The van der Waals surface area contributed by atoms with Gasteiger partial charge in [-0.2, -0.15) is 10.2 Å². The fourth-order valence-corrected chi connectivity index (χ4v) is 3.64. The van der Waals surface area contributed by atoms with Crippen molar-refractivity contribution in [2.24, 2.45) is 7.05 Å². The third-order valence-corrected chi connectivity index (χ3v) is 5.23. The summed E-state index contributed by atoms with van der Waals surface area (Å²) >= 11 is 0. The van der Waals surface area contributed by atoms with Gasteiger partial charge in [0.05, 0.1) is 22.8 Å². The fraction of sp³-hybridized carbons (Fsp3) is 0.421. The van der Waals surface area contributed by atoms with Gasteiger partial charge in [0.2, 0.25) is 0 Å². The van der Waals surface area contributed by atoms with Crippen LogP contribution in [0.1, 0.15) is 19.8 Å². The summed E-state index contributed by atoms with van der Waals surface area (Å²) in [6, 6.07) is 2.14. The van der Waals surface area contributed by atoms with Crippen LogP contribution in [0.5, 0.6) is 0 Å². The predicted octanol–water partition coefficient (Wildman–Crippen LogP) is 2.49. The van der Waals surface area contributed by atoms with Crippen LogP contribution in [-0.4, -0.2) is 54.0 Å². The summed E-state index contributed by atoms with van der Waals surface area (Å²) in [7, 11) is 1.84. The molecule has 10 nitrogen and oxygen atoms in total. The van der Waals surface area contributed by atoms with Crippen molar-refractivity contribution in [2.45, 2.75) is 32.4 Å². The van der Waals surface area contributed by atoms with Crippen molar-refractivity contribution in [3.63, 3.8) is 0 Å². The molecule has 0 atom stereocenters. The van der Waals surface area contributed by atoms with E-state index in [1.54, 1.807) is 17.1 Å². The molecule has 1 saturated heterocycles. The van der Waals surface area contributed by atoms with Gasteiger partial charge in [0, 0.05) is 45.2 Å². The summed E-state index contributed by atoms with van der Waals surface area (Å²) in [5.74, 6) is 0.829. The van der Waals surface area contributed by atoms with E-state index in [0.29, 0.717) is 17.8 Å². The highest BCUT2D eigenvalue weighted by atomic mass is 16.5. The van der Waals surface area contributed by atoms with Crippen molar-refractivity contribution in [1.29, 1.82) is 0 Å². The molecule has 5 heterocycles. The Kier molecular flexibility index (Phi) is 4.47. The maximum Gasteiger partial charge on any atom is 0.266 e.